The van der Waals surface area contributed by atoms with Crippen LogP contribution in [0.25, 0.3) is 0 Å². The summed E-state index contributed by atoms with van der Waals surface area (Å²) >= 11 is 0. The minimum Gasteiger partial charge on any atom is -0.357 e. The Balaban J connectivity index is 2.36. The summed E-state index contributed by atoms with van der Waals surface area (Å²) in [6.45, 7) is 8.37. The molecule has 1 rings (SSSR count). The number of nitrogens with zero attached hydrogens (tertiary/aromatic N) is 3. The number of carbonyl (C=O) groups is 1. The Morgan fingerprint density at radius 1 is 1.33 bits per heavy atom. The van der Waals surface area contributed by atoms with Gasteiger partial charge in [-0.2, -0.15) is 0 Å². The zero-order chi connectivity index (χ0) is 15.7. The number of guanidine groups is 1. The van der Waals surface area contributed by atoms with Gasteiger partial charge < -0.3 is 15.5 Å². The summed E-state index contributed by atoms with van der Waals surface area (Å²) in [5, 5.41) is 6.48. The summed E-state index contributed by atoms with van der Waals surface area (Å²) < 4.78 is 0. The molecule has 1 saturated heterocycles. The number of amides is 1. The maximum Gasteiger partial charge on any atom is 0.243 e. The molecule has 2 N–H and O–H groups in total. The van der Waals surface area contributed by atoms with Gasteiger partial charge in [-0.05, 0) is 33.2 Å². The van der Waals surface area contributed by atoms with Crippen LogP contribution in [0.3, 0.4) is 0 Å². The number of hydrogen-bond donors (Lipinski definition) is 2. The average Bonchev–Trinajstić information content (AvgIpc) is 2.46. The lowest BCUT2D eigenvalue weighted by molar-refractivity contribution is -0.127. The lowest BCUT2D eigenvalue weighted by Crippen LogP contribution is -2.45. The molecule has 0 aromatic heterocycles. The molecule has 0 radical (unpaired) electrons. The van der Waals surface area contributed by atoms with Crippen molar-refractivity contribution in [3.8, 4) is 0 Å². The van der Waals surface area contributed by atoms with Gasteiger partial charge in [-0.15, -0.1) is 0 Å². The number of rotatable bonds is 6. The molecular weight excluding hydrogens is 266 g/mol. The molecule has 1 unspecified atom stereocenters. The SMILES string of the molecule is CCNC(=NCC(=O)N(C)C)NCCN1CCCCC1C. The van der Waals surface area contributed by atoms with E-state index in [4.69, 9.17) is 0 Å². The highest BCUT2D eigenvalue weighted by Crippen LogP contribution is 2.15. The highest BCUT2D eigenvalue weighted by molar-refractivity contribution is 5.84. The van der Waals surface area contributed by atoms with Crippen LogP contribution in [0.15, 0.2) is 4.99 Å². The zero-order valence-corrected chi connectivity index (χ0v) is 14.0. The highest BCUT2D eigenvalue weighted by atomic mass is 16.2. The van der Waals surface area contributed by atoms with E-state index in [2.05, 4.69) is 27.4 Å². The Labute approximate surface area is 129 Å². The van der Waals surface area contributed by atoms with E-state index in [-0.39, 0.29) is 12.5 Å². The smallest absolute Gasteiger partial charge is 0.243 e. The molecule has 1 aliphatic rings. The Morgan fingerprint density at radius 2 is 2.10 bits per heavy atom. The van der Waals surface area contributed by atoms with Gasteiger partial charge in [0.05, 0.1) is 0 Å². The van der Waals surface area contributed by atoms with Crippen LogP contribution >= 0.6 is 0 Å². The molecule has 0 aliphatic carbocycles. The van der Waals surface area contributed by atoms with Gasteiger partial charge >= 0.3 is 0 Å². The van der Waals surface area contributed by atoms with E-state index >= 15 is 0 Å². The van der Waals surface area contributed by atoms with Crippen LogP contribution < -0.4 is 10.6 Å². The fourth-order valence-corrected chi connectivity index (χ4v) is 2.44. The number of nitrogens with one attached hydrogen (secondary N) is 2. The third-order valence-electron chi connectivity index (χ3n) is 3.85. The summed E-state index contributed by atoms with van der Waals surface area (Å²) in [4.78, 5) is 20.0. The van der Waals surface area contributed by atoms with Gasteiger partial charge in [0.2, 0.25) is 5.91 Å². The Kier molecular flexibility index (Phi) is 8.12. The molecule has 1 amide bonds. The van der Waals surface area contributed by atoms with Gasteiger partial charge in [0.25, 0.3) is 0 Å². The normalized spacial score (nSPS) is 20.2. The van der Waals surface area contributed by atoms with Crippen molar-refractivity contribution in [3.63, 3.8) is 0 Å². The summed E-state index contributed by atoms with van der Waals surface area (Å²) in [7, 11) is 3.49. The van der Waals surface area contributed by atoms with E-state index < -0.39 is 0 Å². The summed E-state index contributed by atoms with van der Waals surface area (Å²) in [6, 6.07) is 0.676. The number of hydrogen-bond acceptors (Lipinski definition) is 3. The topological polar surface area (TPSA) is 60.0 Å². The summed E-state index contributed by atoms with van der Waals surface area (Å²) in [5.74, 6) is 0.731. The zero-order valence-electron chi connectivity index (χ0n) is 14.0. The van der Waals surface area contributed by atoms with E-state index in [1.165, 1.54) is 25.8 Å². The van der Waals surface area contributed by atoms with Crippen molar-refractivity contribution in [2.24, 2.45) is 4.99 Å². The van der Waals surface area contributed by atoms with Gasteiger partial charge in [-0.25, -0.2) is 4.99 Å². The molecule has 0 saturated carbocycles. The number of aliphatic imine (C=N–C) groups is 1. The maximum absolute atomic E-state index is 11.6. The third kappa shape index (κ3) is 6.80. The third-order valence-corrected chi connectivity index (χ3v) is 3.85. The first-order valence-corrected chi connectivity index (χ1v) is 8.01. The van der Waals surface area contributed by atoms with E-state index in [0.29, 0.717) is 6.04 Å². The van der Waals surface area contributed by atoms with E-state index in [9.17, 15) is 4.79 Å². The average molecular weight is 297 g/mol. The van der Waals surface area contributed by atoms with Crippen molar-refractivity contribution in [3.05, 3.63) is 0 Å². The predicted molar refractivity (Wildman–Crippen MR) is 87.6 cm³/mol. The van der Waals surface area contributed by atoms with Crippen molar-refractivity contribution in [2.45, 2.75) is 39.2 Å². The summed E-state index contributed by atoms with van der Waals surface area (Å²) in [6.07, 6.45) is 3.95. The Bertz CT molecular complexity index is 343. The molecule has 0 aromatic carbocycles. The number of piperidine rings is 1. The fourth-order valence-electron chi connectivity index (χ4n) is 2.44. The van der Waals surface area contributed by atoms with Crippen LogP contribution in [0.1, 0.15) is 33.1 Å². The van der Waals surface area contributed by atoms with Crippen molar-refractivity contribution in [1.82, 2.24) is 20.4 Å². The van der Waals surface area contributed by atoms with Crippen molar-refractivity contribution in [2.75, 3.05) is 46.8 Å². The first kappa shape index (κ1) is 17.8. The van der Waals surface area contributed by atoms with Crippen LogP contribution in [-0.4, -0.2) is 74.5 Å². The lowest BCUT2D eigenvalue weighted by Gasteiger charge is -2.33. The second-order valence-electron chi connectivity index (χ2n) is 5.79. The Hall–Kier alpha value is -1.30. The standard InChI is InChI=1S/C15H31N5O/c1-5-16-15(18-12-14(21)19(3)4)17-9-11-20-10-7-6-8-13(20)2/h13H,5-12H2,1-4H3,(H2,16,17,18). The fraction of sp³-hybridized carbons (Fsp3) is 0.867. The van der Waals surface area contributed by atoms with E-state index in [1.807, 2.05) is 6.92 Å². The maximum atomic E-state index is 11.6. The van der Waals surface area contributed by atoms with Crippen molar-refractivity contribution < 1.29 is 4.79 Å². The first-order valence-electron chi connectivity index (χ1n) is 8.01. The predicted octanol–water partition coefficient (Wildman–Crippen LogP) is 0.504. The molecule has 0 spiro atoms. The van der Waals surface area contributed by atoms with Crippen LogP contribution in [0.2, 0.25) is 0 Å². The summed E-state index contributed by atoms with van der Waals surface area (Å²) in [5.41, 5.74) is 0. The second-order valence-corrected chi connectivity index (χ2v) is 5.79. The molecule has 122 valence electrons. The first-order chi connectivity index (χ1) is 10.0. The number of likely N-dealkylation sites (N-methyl/N-ethyl adjacent to an activating group) is 1. The van der Waals surface area contributed by atoms with Crippen LogP contribution in [-0.2, 0) is 4.79 Å². The van der Waals surface area contributed by atoms with E-state index in [0.717, 1.165) is 25.6 Å². The molecular formula is C15H31N5O. The number of likely N-dealkylation sites (tertiary alicyclic amines) is 1. The van der Waals surface area contributed by atoms with Gasteiger partial charge in [0, 0.05) is 39.8 Å². The van der Waals surface area contributed by atoms with Crippen molar-refractivity contribution in [1.29, 1.82) is 0 Å². The molecule has 1 heterocycles. The molecule has 0 bridgehead atoms. The second kappa shape index (κ2) is 9.60. The van der Waals surface area contributed by atoms with E-state index in [1.54, 1.807) is 19.0 Å². The van der Waals surface area contributed by atoms with Gasteiger partial charge in [0.1, 0.15) is 6.54 Å². The lowest BCUT2D eigenvalue weighted by atomic mass is 10.0. The van der Waals surface area contributed by atoms with Crippen LogP contribution in [0.4, 0.5) is 0 Å². The molecule has 1 aliphatic heterocycles. The molecule has 1 fully saturated rings. The van der Waals surface area contributed by atoms with Crippen LogP contribution in [0, 0.1) is 0 Å². The highest BCUT2D eigenvalue weighted by Gasteiger charge is 2.17. The molecule has 6 heteroatoms. The quantitative estimate of drug-likeness (QED) is 0.554. The Morgan fingerprint density at radius 3 is 2.71 bits per heavy atom. The number of carbonyl (C=O) groups excluding carboxylic acids is 1. The van der Waals surface area contributed by atoms with Crippen molar-refractivity contribution >= 4 is 11.9 Å². The molecule has 1 atom stereocenters. The van der Waals surface area contributed by atoms with Gasteiger partial charge in [-0.1, -0.05) is 6.42 Å². The van der Waals surface area contributed by atoms with Crippen LogP contribution in [0.5, 0.6) is 0 Å². The van der Waals surface area contributed by atoms with Gasteiger partial charge in [0.15, 0.2) is 5.96 Å². The minimum absolute atomic E-state index is 0.0110. The minimum atomic E-state index is 0.0110. The monoisotopic (exact) mass is 297 g/mol. The molecule has 21 heavy (non-hydrogen) atoms. The van der Waals surface area contributed by atoms with Gasteiger partial charge in [-0.3, -0.25) is 9.69 Å². The molecule has 6 nitrogen and oxygen atoms in total. The largest absolute Gasteiger partial charge is 0.357 e. The molecule has 0 aromatic rings.